The van der Waals surface area contributed by atoms with Gasteiger partial charge < -0.3 is 9.67 Å². The molecule has 3 heteroatoms. The Bertz CT molecular complexity index is 1100. The van der Waals surface area contributed by atoms with Crippen LogP contribution in [0.15, 0.2) is 42.6 Å². The molecule has 152 valence electrons. The van der Waals surface area contributed by atoms with Gasteiger partial charge in [-0.15, -0.1) is 0 Å². The first kappa shape index (κ1) is 19.8. The topological polar surface area (TPSA) is 42.2 Å². The molecule has 1 aromatic heterocycles. The van der Waals surface area contributed by atoms with Crippen LogP contribution in [0.1, 0.15) is 75.5 Å². The molecule has 0 radical (unpaired) electrons. The van der Waals surface area contributed by atoms with E-state index in [0.717, 1.165) is 17.5 Å². The number of hydrogen-bond acceptors (Lipinski definition) is 1. The molecule has 0 unspecified atom stereocenters. The number of aromatic carboxylic acids is 1. The van der Waals surface area contributed by atoms with Gasteiger partial charge in [-0.25, -0.2) is 4.79 Å². The van der Waals surface area contributed by atoms with E-state index in [1.54, 1.807) is 6.07 Å². The molecule has 0 saturated heterocycles. The van der Waals surface area contributed by atoms with Crippen LogP contribution < -0.4 is 0 Å². The van der Waals surface area contributed by atoms with Crippen LogP contribution in [0.2, 0.25) is 0 Å². The highest BCUT2D eigenvalue weighted by Crippen LogP contribution is 2.47. The minimum atomic E-state index is -0.872. The quantitative estimate of drug-likeness (QED) is 0.535. The zero-order valence-corrected chi connectivity index (χ0v) is 18.2. The molecule has 2 aromatic carbocycles. The van der Waals surface area contributed by atoms with Crippen LogP contribution in [0.25, 0.3) is 21.9 Å². The molecule has 1 aliphatic rings. The van der Waals surface area contributed by atoms with Crippen LogP contribution in [0, 0.1) is 0 Å². The maximum absolute atomic E-state index is 11.6. The van der Waals surface area contributed by atoms with Crippen molar-refractivity contribution in [1.82, 2.24) is 4.57 Å². The Labute approximate surface area is 173 Å². The Balaban J connectivity index is 1.86. The molecule has 0 saturated carbocycles. The fourth-order valence-corrected chi connectivity index (χ4v) is 4.76. The van der Waals surface area contributed by atoms with E-state index in [1.807, 2.05) is 10.8 Å². The van der Waals surface area contributed by atoms with Crippen molar-refractivity contribution >= 4 is 16.7 Å². The van der Waals surface area contributed by atoms with E-state index in [4.69, 9.17) is 0 Å². The van der Waals surface area contributed by atoms with E-state index in [2.05, 4.69) is 65.0 Å². The summed E-state index contributed by atoms with van der Waals surface area (Å²) in [5.74, 6) is -0.872. The van der Waals surface area contributed by atoms with Gasteiger partial charge in [-0.3, -0.25) is 0 Å². The maximum Gasteiger partial charge on any atom is 0.352 e. The lowest BCUT2D eigenvalue weighted by Gasteiger charge is -2.42. The summed E-state index contributed by atoms with van der Waals surface area (Å²) in [6, 6.07) is 13.1. The van der Waals surface area contributed by atoms with Crippen molar-refractivity contribution in [3.8, 4) is 11.1 Å². The van der Waals surface area contributed by atoms with Crippen molar-refractivity contribution in [3.05, 3.63) is 59.4 Å². The predicted molar refractivity (Wildman–Crippen MR) is 120 cm³/mol. The summed E-state index contributed by atoms with van der Waals surface area (Å²) in [4.78, 5) is 11.6. The number of carboxylic acids is 1. The van der Waals surface area contributed by atoms with Crippen molar-refractivity contribution < 1.29 is 9.90 Å². The number of hydrogen-bond donors (Lipinski definition) is 1. The second-order valence-corrected chi connectivity index (χ2v) is 9.84. The van der Waals surface area contributed by atoms with Crippen molar-refractivity contribution in [3.63, 3.8) is 0 Å². The highest BCUT2D eigenvalue weighted by molar-refractivity contribution is 5.91. The molecule has 1 N–H and O–H groups in total. The van der Waals surface area contributed by atoms with E-state index >= 15 is 0 Å². The first-order valence-electron chi connectivity index (χ1n) is 10.6. The lowest BCUT2D eigenvalue weighted by molar-refractivity contribution is 0.0685. The molecule has 0 bridgehead atoms. The van der Waals surface area contributed by atoms with Crippen molar-refractivity contribution in [2.45, 2.75) is 71.3 Å². The van der Waals surface area contributed by atoms with Crippen LogP contribution in [0.5, 0.6) is 0 Å². The van der Waals surface area contributed by atoms with Gasteiger partial charge in [0.15, 0.2) is 0 Å². The van der Waals surface area contributed by atoms with Gasteiger partial charge in [0.1, 0.15) is 5.69 Å². The number of aryl methyl sites for hydroxylation is 1. The van der Waals surface area contributed by atoms with Gasteiger partial charge in [0.05, 0.1) is 0 Å². The Morgan fingerprint density at radius 2 is 1.55 bits per heavy atom. The molecule has 0 fully saturated rings. The number of benzene rings is 2. The van der Waals surface area contributed by atoms with Crippen LogP contribution >= 0.6 is 0 Å². The summed E-state index contributed by atoms with van der Waals surface area (Å²) in [7, 11) is 0. The molecule has 4 rings (SSSR count). The molecule has 0 aliphatic heterocycles. The van der Waals surface area contributed by atoms with E-state index in [1.165, 1.54) is 34.7 Å². The molecule has 3 nitrogen and oxygen atoms in total. The fourth-order valence-electron chi connectivity index (χ4n) is 4.76. The normalized spacial score (nSPS) is 17.3. The minimum absolute atomic E-state index is 0.177. The third-order valence-electron chi connectivity index (χ3n) is 6.72. The number of nitrogens with zero attached hydrogens (tertiary/aromatic N) is 1. The third-order valence-corrected chi connectivity index (χ3v) is 6.72. The Hall–Kier alpha value is -2.55. The first-order valence-corrected chi connectivity index (χ1v) is 10.6. The molecular formula is C26H31NO2. The largest absolute Gasteiger partial charge is 0.477 e. The second-order valence-electron chi connectivity index (χ2n) is 9.84. The maximum atomic E-state index is 11.6. The summed E-state index contributed by atoms with van der Waals surface area (Å²) in [5.41, 5.74) is 5.69. The molecular weight excluding hydrogens is 358 g/mol. The van der Waals surface area contributed by atoms with Crippen molar-refractivity contribution in [2.75, 3.05) is 0 Å². The van der Waals surface area contributed by atoms with Crippen molar-refractivity contribution in [1.29, 1.82) is 0 Å². The predicted octanol–water partition coefficient (Wildman–Crippen LogP) is 6.77. The van der Waals surface area contributed by atoms with Crippen LogP contribution in [0.4, 0.5) is 0 Å². The van der Waals surface area contributed by atoms with Gasteiger partial charge in [-0.2, -0.15) is 0 Å². The highest BCUT2D eigenvalue weighted by atomic mass is 16.4. The molecule has 0 atom stereocenters. The fraction of sp³-hybridized carbons (Fsp3) is 0.423. The van der Waals surface area contributed by atoms with Gasteiger partial charge in [0, 0.05) is 18.3 Å². The average molecular weight is 390 g/mol. The molecule has 0 spiro atoms. The number of carbonyl (C=O) groups is 1. The monoisotopic (exact) mass is 389 g/mol. The highest BCUT2D eigenvalue weighted by Gasteiger charge is 2.37. The van der Waals surface area contributed by atoms with E-state index in [0.29, 0.717) is 12.2 Å². The molecule has 1 aliphatic carbocycles. The van der Waals surface area contributed by atoms with Crippen LogP contribution in [-0.4, -0.2) is 15.6 Å². The van der Waals surface area contributed by atoms with E-state index in [9.17, 15) is 9.90 Å². The Morgan fingerprint density at radius 1 is 0.931 bits per heavy atom. The lowest BCUT2D eigenvalue weighted by Crippen LogP contribution is -2.33. The van der Waals surface area contributed by atoms with Crippen LogP contribution in [-0.2, 0) is 17.4 Å². The molecule has 1 heterocycles. The Morgan fingerprint density at radius 3 is 2.14 bits per heavy atom. The smallest absolute Gasteiger partial charge is 0.352 e. The van der Waals surface area contributed by atoms with E-state index in [-0.39, 0.29) is 10.8 Å². The average Bonchev–Trinajstić information content (AvgIpc) is 3.09. The van der Waals surface area contributed by atoms with Gasteiger partial charge in [-0.05, 0) is 69.7 Å². The van der Waals surface area contributed by atoms with Crippen LogP contribution in [0.3, 0.4) is 0 Å². The van der Waals surface area contributed by atoms with Gasteiger partial charge in [-0.1, -0.05) is 58.9 Å². The summed E-state index contributed by atoms with van der Waals surface area (Å²) < 4.78 is 1.85. The molecule has 29 heavy (non-hydrogen) atoms. The molecule has 3 aromatic rings. The van der Waals surface area contributed by atoms with Crippen molar-refractivity contribution in [2.24, 2.45) is 0 Å². The zero-order chi connectivity index (χ0) is 21.0. The van der Waals surface area contributed by atoms with E-state index < -0.39 is 5.97 Å². The summed E-state index contributed by atoms with van der Waals surface area (Å²) in [6.45, 7) is 12.2. The second kappa shape index (κ2) is 6.76. The zero-order valence-electron chi connectivity index (χ0n) is 18.2. The molecule has 0 amide bonds. The number of fused-ring (bicyclic) bond motifs is 2. The number of rotatable bonds is 4. The Kier molecular flexibility index (Phi) is 4.60. The third kappa shape index (κ3) is 3.37. The summed E-state index contributed by atoms with van der Waals surface area (Å²) in [5, 5.41) is 12.0. The summed E-state index contributed by atoms with van der Waals surface area (Å²) >= 11 is 0. The van der Waals surface area contributed by atoms with Gasteiger partial charge in [0.25, 0.3) is 0 Å². The lowest BCUT2D eigenvalue weighted by atomic mass is 9.63. The van der Waals surface area contributed by atoms with Gasteiger partial charge >= 0.3 is 5.97 Å². The standard InChI is InChI=1S/C26H31NO2/c1-6-11-27-16-20(15-23(27)24(28)29)17-7-8-18-13-21-22(14-19(18)12-17)26(4,5)10-9-25(21,2)3/h7-8,12-16H,6,9-11H2,1-5H3,(H,28,29). The first-order chi connectivity index (χ1) is 13.6. The number of aromatic nitrogens is 1. The minimum Gasteiger partial charge on any atom is -0.477 e. The summed E-state index contributed by atoms with van der Waals surface area (Å²) in [6.07, 6.45) is 5.28. The van der Waals surface area contributed by atoms with Gasteiger partial charge in [0.2, 0.25) is 0 Å². The number of carboxylic acid groups (broad SMARTS) is 1. The SMILES string of the molecule is CCCn1cc(-c2ccc3cc4c(cc3c2)C(C)(C)CCC4(C)C)cc1C(=O)O.